The third kappa shape index (κ3) is 5.90. The molecule has 0 aromatic heterocycles. The van der Waals surface area contributed by atoms with E-state index in [0.29, 0.717) is 0 Å². The van der Waals surface area contributed by atoms with Gasteiger partial charge in [-0.3, -0.25) is 0 Å². The summed E-state index contributed by atoms with van der Waals surface area (Å²) in [5.74, 6) is 2.81. The standard InChI is InChI=1S/C19H37NO/c1-5-6-15-7-8-17(14-20-18-9-10-18)16(13-15)11-12-19(2,3)21-4/h15-18,20H,5-14H2,1-4H3. The SMILES string of the molecule is CCCC1CCC(CNC2CC2)C(CCC(C)(C)OC)C1. The second kappa shape index (κ2) is 7.97. The van der Waals surface area contributed by atoms with Crippen molar-refractivity contribution in [3.05, 3.63) is 0 Å². The minimum atomic E-state index is 0.0478. The molecular weight excluding hydrogens is 258 g/mol. The molecule has 0 saturated heterocycles. The molecule has 2 aliphatic carbocycles. The van der Waals surface area contributed by atoms with Crippen molar-refractivity contribution >= 4 is 0 Å². The quantitative estimate of drug-likeness (QED) is 0.661. The first-order valence-electron chi connectivity index (χ1n) is 9.32. The first kappa shape index (κ1) is 17.3. The van der Waals surface area contributed by atoms with E-state index in [0.717, 1.165) is 23.8 Å². The van der Waals surface area contributed by atoms with Crippen LogP contribution in [0.1, 0.15) is 78.6 Å². The van der Waals surface area contributed by atoms with Gasteiger partial charge in [0.15, 0.2) is 0 Å². The molecule has 2 aliphatic rings. The Kier molecular flexibility index (Phi) is 6.55. The van der Waals surface area contributed by atoms with Gasteiger partial charge in [0.1, 0.15) is 0 Å². The monoisotopic (exact) mass is 295 g/mol. The van der Waals surface area contributed by atoms with E-state index in [9.17, 15) is 0 Å². The van der Waals surface area contributed by atoms with Crippen molar-refractivity contribution in [3.8, 4) is 0 Å². The molecule has 3 unspecified atom stereocenters. The van der Waals surface area contributed by atoms with Gasteiger partial charge in [-0.2, -0.15) is 0 Å². The smallest absolute Gasteiger partial charge is 0.0622 e. The first-order valence-corrected chi connectivity index (χ1v) is 9.32. The molecule has 124 valence electrons. The molecule has 2 rings (SSSR count). The summed E-state index contributed by atoms with van der Waals surface area (Å²) in [6.45, 7) is 8.07. The van der Waals surface area contributed by atoms with E-state index in [2.05, 4.69) is 26.1 Å². The molecular formula is C19H37NO. The summed E-state index contributed by atoms with van der Waals surface area (Å²) in [4.78, 5) is 0. The minimum absolute atomic E-state index is 0.0478. The van der Waals surface area contributed by atoms with Crippen LogP contribution in [0.25, 0.3) is 0 Å². The summed E-state index contributed by atoms with van der Waals surface area (Å²) in [6, 6.07) is 0.856. The van der Waals surface area contributed by atoms with Crippen molar-refractivity contribution < 1.29 is 4.74 Å². The Morgan fingerprint density at radius 1 is 1.05 bits per heavy atom. The molecule has 0 radical (unpaired) electrons. The van der Waals surface area contributed by atoms with Crippen LogP contribution in [0.4, 0.5) is 0 Å². The lowest BCUT2D eigenvalue weighted by Crippen LogP contribution is -2.35. The van der Waals surface area contributed by atoms with Gasteiger partial charge in [-0.05, 0) is 76.7 Å². The average molecular weight is 296 g/mol. The van der Waals surface area contributed by atoms with Gasteiger partial charge in [0.2, 0.25) is 0 Å². The summed E-state index contributed by atoms with van der Waals surface area (Å²) < 4.78 is 5.63. The van der Waals surface area contributed by atoms with Crippen molar-refractivity contribution in [1.82, 2.24) is 5.32 Å². The van der Waals surface area contributed by atoms with E-state index in [-0.39, 0.29) is 5.60 Å². The van der Waals surface area contributed by atoms with Crippen LogP contribution in [-0.4, -0.2) is 25.3 Å². The summed E-state index contributed by atoms with van der Waals surface area (Å²) >= 11 is 0. The first-order chi connectivity index (χ1) is 10.0. The van der Waals surface area contributed by atoms with Gasteiger partial charge in [-0.15, -0.1) is 0 Å². The third-order valence-corrected chi connectivity index (χ3v) is 5.86. The normalized spacial score (nSPS) is 30.6. The molecule has 2 saturated carbocycles. The van der Waals surface area contributed by atoms with Crippen molar-refractivity contribution in [2.75, 3.05) is 13.7 Å². The van der Waals surface area contributed by atoms with E-state index in [1.807, 2.05) is 7.11 Å². The predicted octanol–water partition coefficient (Wildman–Crippen LogP) is 4.78. The average Bonchev–Trinajstić information content (AvgIpc) is 3.29. The van der Waals surface area contributed by atoms with Gasteiger partial charge >= 0.3 is 0 Å². The Bertz CT molecular complexity index is 298. The highest BCUT2D eigenvalue weighted by molar-refractivity contribution is 4.87. The maximum Gasteiger partial charge on any atom is 0.0622 e. The lowest BCUT2D eigenvalue weighted by molar-refractivity contribution is 0.00430. The second-order valence-corrected chi connectivity index (χ2v) is 8.17. The Hall–Kier alpha value is -0.0800. The molecule has 0 amide bonds. The van der Waals surface area contributed by atoms with Crippen LogP contribution in [0.2, 0.25) is 0 Å². The topological polar surface area (TPSA) is 21.3 Å². The fraction of sp³-hybridized carbons (Fsp3) is 1.00. The van der Waals surface area contributed by atoms with E-state index >= 15 is 0 Å². The van der Waals surface area contributed by atoms with Crippen LogP contribution < -0.4 is 5.32 Å². The summed E-state index contributed by atoms with van der Waals surface area (Å²) in [7, 11) is 1.85. The zero-order valence-electron chi connectivity index (χ0n) is 14.8. The lowest BCUT2D eigenvalue weighted by atomic mass is 9.70. The predicted molar refractivity (Wildman–Crippen MR) is 90.6 cm³/mol. The van der Waals surface area contributed by atoms with Crippen LogP contribution in [0, 0.1) is 17.8 Å². The molecule has 0 aromatic carbocycles. The third-order valence-electron chi connectivity index (χ3n) is 5.86. The van der Waals surface area contributed by atoms with Crippen LogP contribution in [0.15, 0.2) is 0 Å². The van der Waals surface area contributed by atoms with Gasteiger partial charge in [-0.25, -0.2) is 0 Å². The summed E-state index contributed by atoms with van der Waals surface area (Å²) in [6.07, 6.45) is 12.5. The molecule has 1 N–H and O–H groups in total. The number of ether oxygens (including phenoxy) is 1. The zero-order valence-corrected chi connectivity index (χ0v) is 14.8. The fourth-order valence-electron chi connectivity index (χ4n) is 3.96. The molecule has 21 heavy (non-hydrogen) atoms. The van der Waals surface area contributed by atoms with Gasteiger partial charge < -0.3 is 10.1 Å². The van der Waals surface area contributed by atoms with Gasteiger partial charge in [0.05, 0.1) is 5.60 Å². The van der Waals surface area contributed by atoms with Crippen LogP contribution >= 0.6 is 0 Å². The highest BCUT2D eigenvalue weighted by atomic mass is 16.5. The van der Waals surface area contributed by atoms with Crippen molar-refractivity contribution in [2.45, 2.75) is 90.2 Å². The van der Waals surface area contributed by atoms with Crippen LogP contribution in [0.5, 0.6) is 0 Å². The fourth-order valence-corrected chi connectivity index (χ4v) is 3.96. The molecule has 0 aliphatic heterocycles. The van der Waals surface area contributed by atoms with Gasteiger partial charge in [0.25, 0.3) is 0 Å². The largest absolute Gasteiger partial charge is 0.379 e. The van der Waals surface area contributed by atoms with Gasteiger partial charge in [0, 0.05) is 13.2 Å². The number of hydrogen-bond donors (Lipinski definition) is 1. The lowest BCUT2D eigenvalue weighted by Gasteiger charge is -2.38. The molecule has 0 bridgehead atoms. The Labute approximate surface area is 132 Å². The van der Waals surface area contributed by atoms with E-state index in [1.54, 1.807) is 0 Å². The Balaban J connectivity index is 1.84. The van der Waals surface area contributed by atoms with Gasteiger partial charge in [-0.1, -0.05) is 26.2 Å². The number of rotatable bonds is 9. The Morgan fingerprint density at radius 2 is 1.81 bits per heavy atom. The summed E-state index contributed by atoms with van der Waals surface area (Å²) in [5, 5.41) is 3.78. The summed E-state index contributed by atoms with van der Waals surface area (Å²) in [5.41, 5.74) is 0.0478. The van der Waals surface area contributed by atoms with Crippen LogP contribution in [0.3, 0.4) is 0 Å². The van der Waals surface area contributed by atoms with Crippen molar-refractivity contribution in [2.24, 2.45) is 17.8 Å². The Morgan fingerprint density at radius 3 is 2.43 bits per heavy atom. The highest BCUT2D eigenvalue weighted by Gasteiger charge is 2.32. The minimum Gasteiger partial charge on any atom is -0.379 e. The van der Waals surface area contributed by atoms with Crippen LogP contribution in [-0.2, 0) is 4.74 Å². The number of hydrogen-bond acceptors (Lipinski definition) is 2. The maximum atomic E-state index is 5.63. The zero-order chi connectivity index (χ0) is 15.3. The second-order valence-electron chi connectivity index (χ2n) is 8.17. The van der Waals surface area contributed by atoms with Crippen molar-refractivity contribution in [3.63, 3.8) is 0 Å². The van der Waals surface area contributed by atoms with E-state index < -0.39 is 0 Å². The molecule has 3 atom stereocenters. The van der Waals surface area contributed by atoms with E-state index in [1.165, 1.54) is 64.3 Å². The molecule has 0 aromatic rings. The number of nitrogens with one attached hydrogen (secondary N) is 1. The molecule has 2 fully saturated rings. The molecule has 0 heterocycles. The number of methoxy groups -OCH3 is 1. The van der Waals surface area contributed by atoms with Crippen molar-refractivity contribution in [1.29, 1.82) is 0 Å². The molecule has 2 heteroatoms. The highest BCUT2D eigenvalue weighted by Crippen LogP contribution is 2.39. The molecule has 2 nitrogen and oxygen atoms in total. The molecule has 0 spiro atoms. The van der Waals surface area contributed by atoms with E-state index in [4.69, 9.17) is 4.74 Å². The maximum absolute atomic E-state index is 5.63.